The van der Waals surface area contributed by atoms with Crippen molar-refractivity contribution in [3.63, 3.8) is 0 Å². The zero-order chi connectivity index (χ0) is 18.8. The quantitative estimate of drug-likeness (QED) is 0.463. The van der Waals surface area contributed by atoms with Crippen LogP contribution < -0.4 is 5.32 Å². The number of hydrogen-bond donors (Lipinski definition) is 2. The third-order valence-corrected chi connectivity index (χ3v) is 4.46. The molecule has 3 aromatic rings. The molecule has 0 saturated carbocycles. The van der Waals surface area contributed by atoms with Crippen LogP contribution in [-0.4, -0.2) is 30.8 Å². The van der Waals surface area contributed by atoms with Crippen molar-refractivity contribution < 1.29 is 14.1 Å². The van der Waals surface area contributed by atoms with Crippen LogP contribution in [0, 0.1) is 15.9 Å². The summed E-state index contributed by atoms with van der Waals surface area (Å²) in [6.07, 6.45) is 1.53. The zero-order valence-electron chi connectivity index (χ0n) is 12.7. The molecule has 12 heteroatoms. The van der Waals surface area contributed by atoms with Crippen molar-refractivity contribution in [2.45, 2.75) is 6.54 Å². The molecule has 0 aliphatic carbocycles. The van der Waals surface area contributed by atoms with Crippen LogP contribution >= 0.6 is 27.5 Å². The molecule has 2 aromatic heterocycles. The Hall–Kier alpha value is -2.79. The molecule has 26 heavy (non-hydrogen) atoms. The lowest BCUT2D eigenvalue weighted by molar-refractivity contribution is -0.390. The monoisotopic (exact) mass is 442 g/mol. The predicted octanol–water partition coefficient (Wildman–Crippen LogP) is 3.37. The van der Waals surface area contributed by atoms with Crippen molar-refractivity contribution in [3.8, 4) is 0 Å². The summed E-state index contributed by atoms with van der Waals surface area (Å²) in [6, 6.07) is 5.84. The van der Waals surface area contributed by atoms with Crippen molar-refractivity contribution in [2.24, 2.45) is 0 Å². The second-order valence-corrected chi connectivity index (χ2v) is 6.25. The highest BCUT2D eigenvalue weighted by Crippen LogP contribution is 2.26. The number of carbonyl (C=O) groups is 1. The first-order chi connectivity index (χ1) is 12.4. The molecule has 0 radical (unpaired) electrons. The van der Waals surface area contributed by atoms with Gasteiger partial charge in [-0.1, -0.05) is 22.8 Å². The molecule has 0 bridgehead atoms. The number of amides is 1. The molecular formula is C14H9BrClFN6O3. The topological polar surface area (TPSA) is 119 Å². The van der Waals surface area contributed by atoms with Crippen LogP contribution in [0.15, 0.2) is 34.9 Å². The van der Waals surface area contributed by atoms with Crippen LogP contribution in [-0.2, 0) is 6.54 Å². The van der Waals surface area contributed by atoms with Gasteiger partial charge in [0.25, 0.3) is 5.91 Å². The molecular weight excluding hydrogens is 435 g/mol. The smallest absolute Gasteiger partial charge is 0.357 e. The summed E-state index contributed by atoms with van der Waals surface area (Å²) in [6.45, 7) is 0.0684. The number of aromatic amines is 1. The van der Waals surface area contributed by atoms with Gasteiger partial charge in [-0.15, -0.1) is 5.10 Å². The number of nitro groups is 1. The largest absolute Gasteiger partial charge is 0.358 e. The third kappa shape index (κ3) is 3.58. The Morgan fingerprint density at radius 2 is 2.23 bits per heavy atom. The molecule has 9 nitrogen and oxygen atoms in total. The number of nitrogens with zero attached hydrogens (tertiary/aromatic N) is 4. The number of H-pyrrole nitrogens is 1. The van der Waals surface area contributed by atoms with Crippen molar-refractivity contribution in [3.05, 3.63) is 67.1 Å². The number of benzene rings is 1. The summed E-state index contributed by atoms with van der Waals surface area (Å²) in [5.41, 5.74) is 0.0733. The molecule has 0 aliphatic heterocycles. The van der Waals surface area contributed by atoms with Crippen molar-refractivity contribution in [2.75, 3.05) is 5.32 Å². The Bertz CT molecular complexity index is 984. The minimum atomic E-state index is -0.708. The lowest BCUT2D eigenvalue weighted by Gasteiger charge is -2.06. The Labute approximate surface area is 158 Å². The maximum atomic E-state index is 13.8. The van der Waals surface area contributed by atoms with Gasteiger partial charge in [0, 0.05) is 22.8 Å². The van der Waals surface area contributed by atoms with Gasteiger partial charge in [-0.2, -0.15) is 5.10 Å². The fraction of sp³-hybridized carbons (Fsp3) is 0.0714. The van der Waals surface area contributed by atoms with Gasteiger partial charge >= 0.3 is 5.82 Å². The van der Waals surface area contributed by atoms with Gasteiger partial charge in [-0.25, -0.2) is 4.39 Å². The van der Waals surface area contributed by atoms with E-state index in [0.29, 0.717) is 0 Å². The zero-order valence-corrected chi connectivity index (χ0v) is 15.1. The summed E-state index contributed by atoms with van der Waals surface area (Å²) in [5.74, 6) is -1.43. The lowest BCUT2D eigenvalue weighted by atomic mass is 10.2. The predicted molar refractivity (Wildman–Crippen MR) is 93.6 cm³/mol. The number of rotatable bonds is 5. The first-order valence-corrected chi connectivity index (χ1v) is 8.20. The SMILES string of the molecule is O=C(Nc1ccn(Cc2c(F)cccc2Cl)n1)c1n[nH]c([N+](=O)[O-])c1Br. The van der Waals surface area contributed by atoms with Crippen LogP contribution in [0.2, 0.25) is 5.02 Å². The van der Waals surface area contributed by atoms with Gasteiger partial charge in [0.15, 0.2) is 11.5 Å². The fourth-order valence-electron chi connectivity index (χ4n) is 2.13. The molecule has 1 aromatic carbocycles. The van der Waals surface area contributed by atoms with E-state index in [4.69, 9.17) is 11.6 Å². The summed E-state index contributed by atoms with van der Waals surface area (Å²) >= 11 is 8.93. The van der Waals surface area contributed by atoms with E-state index < -0.39 is 22.5 Å². The highest BCUT2D eigenvalue weighted by atomic mass is 79.9. The Morgan fingerprint density at radius 1 is 1.46 bits per heavy atom. The molecule has 0 saturated heterocycles. The second-order valence-electron chi connectivity index (χ2n) is 5.04. The van der Waals surface area contributed by atoms with Crippen LogP contribution in [0.5, 0.6) is 0 Å². The van der Waals surface area contributed by atoms with E-state index in [0.717, 1.165) is 0 Å². The van der Waals surface area contributed by atoms with E-state index in [1.54, 1.807) is 6.07 Å². The van der Waals surface area contributed by atoms with E-state index in [2.05, 4.69) is 36.5 Å². The summed E-state index contributed by atoms with van der Waals surface area (Å²) in [5, 5.41) is 23.3. The molecule has 0 aliphatic rings. The number of carbonyl (C=O) groups excluding carboxylic acids is 1. The Balaban J connectivity index is 1.74. The number of anilines is 1. The van der Waals surface area contributed by atoms with Gasteiger partial charge in [0.05, 0.1) is 6.54 Å². The van der Waals surface area contributed by atoms with Gasteiger partial charge in [-0.3, -0.25) is 9.48 Å². The van der Waals surface area contributed by atoms with Crippen LogP contribution in [0.1, 0.15) is 16.1 Å². The van der Waals surface area contributed by atoms with E-state index in [1.165, 1.54) is 29.1 Å². The minimum Gasteiger partial charge on any atom is -0.358 e. The van der Waals surface area contributed by atoms with E-state index in [9.17, 15) is 19.3 Å². The molecule has 134 valence electrons. The molecule has 0 fully saturated rings. The van der Waals surface area contributed by atoms with Crippen LogP contribution in [0.25, 0.3) is 0 Å². The normalized spacial score (nSPS) is 10.7. The Morgan fingerprint density at radius 3 is 2.88 bits per heavy atom. The van der Waals surface area contributed by atoms with Gasteiger partial charge < -0.3 is 15.4 Å². The number of halogens is 3. The first-order valence-electron chi connectivity index (χ1n) is 7.02. The number of aromatic nitrogens is 4. The molecule has 0 spiro atoms. The number of hydrogen-bond acceptors (Lipinski definition) is 5. The molecule has 0 atom stereocenters. The number of nitrogens with one attached hydrogen (secondary N) is 2. The average Bonchev–Trinajstić information content (AvgIpc) is 3.17. The first kappa shape index (κ1) is 18.0. The van der Waals surface area contributed by atoms with Crippen molar-refractivity contribution in [1.29, 1.82) is 0 Å². The van der Waals surface area contributed by atoms with E-state index in [-0.39, 0.29) is 33.1 Å². The van der Waals surface area contributed by atoms with Gasteiger partial charge in [0.1, 0.15) is 10.3 Å². The molecule has 3 rings (SSSR count). The van der Waals surface area contributed by atoms with Crippen molar-refractivity contribution >= 4 is 45.1 Å². The maximum Gasteiger partial charge on any atom is 0.357 e. The van der Waals surface area contributed by atoms with Crippen LogP contribution in [0.3, 0.4) is 0 Å². The van der Waals surface area contributed by atoms with E-state index >= 15 is 0 Å². The second kappa shape index (κ2) is 7.22. The third-order valence-electron chi connectivity index (χ3n) is 3.35. The molecule has 0 unspecified atom stereocenters. The molecule has 2 heterocycles. The van der Waals surface area contributed by atoms with Crippen molar-refractivity contribution in [1.82, 2.24) is 20.0 Å². The summed E-state index contributed by atoms with van der Waals surface area (Å²) in [4.78, 5) is 22.2. The van der Waals surface area contributed by atoms with Gasteiger partial charge in [0.2, 0.25) is 0 Å². The molecule has 2 N–H and O–H groups in total. The summed E-state index contributed by atoms with van der Waals surface area (Å²) < 4.78 is 15.1. The Kier molecular flexibility index (Phi) is 5.00. The molecule has 1 amide bonds. The highest BCUT2D eigenvalue weighted by Gasteiger charge is 2.25. The lowest BCUT2D eigenvalue weighted by Crippen LogP contribution is -2.14. The fourth-order valence-corrected chi connectivity index (χ4v) is 2.85. The minimum absolute atomic E-state index is 0.0684. The highest BCUT2D eigenvalue weighted by molar-refractivity contribution is 9.10. The maximum absolute atomic E-state index is 13.8. The van der Waals surface area contributed by atoms with E-state index in [1.807, 2.05) is 0 Å². The summed E-state index contributed by atoms with van der Waals surface area (Å²) in [7, 11) is 0. The van der Waals surface area contributed by atoms with Crippen LogP contribution in [0.4, 0.5) is 16.0 Å². The standard InChI is InChI=1S/C14H9BrClFN6O3/c15-11-12(19-20-13(11)23(25)26)14(24)18-10-4-5-22(21-10)6-7-8(16)2-1-3-9(7)17/h1-5H,6H2,(H,19,20)(H,18,21,24). The average molecular weight is 444 g/mol. The van der Waals surface area contributed by atoms with Gasteiger partial charge in [-0.05, 0) is 33.0 Å².